The molecule has 0 amide bonds. The van der Waals surface area contributed by atoms with Crippen LogP contribution in [0.5, 0.6) is 0 Å². The van der Waals surface area contributed by atoms with Crippen LogP contribution >= 0.6 is 0 Å². The Labute approximate surface area is 80.4 Å². The minimum Gasteiger partial charge on any atom is -0.317 e. The van der Waals surface area contributed by atoms with Gasteiger partial charge < -0.3 is 5.32 Å². The normalized spacial score (nSPS) is 13.8. The fraction of sp³-hybridized carbons (Fsp3) is 1.00. The standard InChI is InChI=1S/C4H9N.C4H10.C3H8.H2/c1-5-4-2-3-4;1-3-4-2;1-3-2;/h4-5H,2-3H2,1H3;3-4H2,1-2H3;3H2,1-2H3;1H. The lowest BCUT2D eigenvalue weighted by Crippen LogP contribution is -2.06. The van der Waals surface area contributed by atoms with E-state index in [2.05, 4.69) is 33.0 Å². The molecule has 1 aliphatic rings. The quantitative estimate of drug-likeness (QED) is 0.672. The van der Waals surface area contributed by atoms with E-state index in [0.29, 0.717) is 0 Å². The van der Waals surface area contributed by atoms with E-state index < -0.39 is 0 Å². The van der Waals surface area contributed by atoms with Gasteiger partial charge in [-0.1, -0.05) is 47.0 Å². The zero-order valence-electron chi connectivity index (χ0n) is 9.61. The van der Waals surface area contributed by atoms with Gasteiger partial charge >= 0.3 is 0 Å². The molecule has 0 radical (unpaired) electrons. The fourth-order valence-corrected chi connectivity index (χ4v) is 0.372. The summed E-state index contributed by atoms with van der Waals surface area (Å²) in [6.07, 6.45) is 6.69. The molecule has 12 heavy (non-hydrogen) atoms. The summed E-state index contributed by atoms with van der Waals surface area (Å²) in [5.74, 6) is 0. The smallest absolute Gasteiger partial charge is 0.00652 e. The molecule has 1 heteroatoms. The van der Waals surface area contributed by atoms with Crippen molar-refractivity contribution in [1.29, 1.82) is 0 Å². The Hall–Kier alpha value is -0.0400. The van der Waals surface area contributed by atoms with Crippen LogP contribution in [-0.4, -0.2) is 13.1 Å². The minimum absolute atomic E-state index is 0. The molecule has 1 N–H and O–H groups in total. The van der Waals surface area contributed by atoms with Crippen molar-refractivity contribution >= 4 is 0 Å². The van der Waals surface area contributed by atoms with Crippen LogP contribution in [0.3, 0.4) is 0 Å². The van der Waals surface area contributed by atoms with Crippen molar-refractivity contribution in [2.45, 2.75) is 65.8 Å². The van der Waals surface area contributed by atoms with Gasteiger partial charge in [-0.15, -0.1) is 0 Å². The summed E-state index contributed by atoms with van der Waals surface area (Å²) in [5.41, 5.74) is 0. The molecular formula is C11H29N. The van der Waals surface area contributed by atoms with Crippen LogP contribution in [0.25, 0.3) is 0 Å². The highest BCUT2D eigenvalue weighted by Crippen LogP contribution is 2.16. The Kier molecular flexibility index (Phi) is 16.3. The van der Waals surface area contributed by atoms with E-state index >= 15 is 0 Å². The van der Waals surface area contributed by atoms with E-state index in [-0.39, 0.29) is 1.43 Å². The second-order valence-electron chi connectivity index (χ2n) is 3.27. The van der Waals surface area contributed by atoms with Crippen molar-refractivity contribution < 1.29 is 1.43 Å². The van der Waals surface area contributed by atoms with E-state index in [1.807, 2.05) is 7.05 Å². The first-order valence-corrected chi connectivity index (χ1v) is 5.43. The van der Waals surface area contributed by atoms with Crippen LogP contribution in [0.2, 0.25) is 0 Å². The number of unbranched alkanes of at least 4 members (excludes halogenated alkanes) is 1. The summed E-state index contributed by atoms with van der Waals surface area (Å²) in [6, 6.07) is 0.884. The Balaban J connectivity index is -0.000000116. The van der Waals surface area contributed by atoms with Crippen LogP contribution < -0.4 is 5.32 Å². The number of hydrogen-bond donors (Lipinski definition) is 1. The molecule has 0 saturated heterocycles. The van der Waals surface area contributed by atoms with Gasteiger partial charge in [0, 0.05) is 7.47 Å². The van der Waals surface area contributed by atoms with Gasteiger partial charge in [0.1, 0.15) is 0 Å². The maximum atomic E-state index is 3.14. The molecule has 0 aromatic carbocycles. The molecule has 0 bridgehead atoms. The molecule has 0 aromatic heterocycles. The van der Waals surface area contributed by atoms with Crippen LogP contribution in [0.4, 0.5) is 0 Å². The Morgan fingerprint density at radius 3 is 1.42 bits per heavy atom. The van der Waals surface area contributed by atoms with Gasteiger partial charge in [0.25, 0.3) is 0 Å². The maximum Gasteiger partial charge on any atom is 0.00652 e. The molecule has 0 spiro atoms. The second kappa shape index (κ2) is 13.5. The number of nitrogens with one attached hydrogen (secondary N) is 1. The molecule has 1 nitrogen and oxygen atoms in total. The number of hydrogen-bond acceptors (Lipinski definition) is 1. The molecule has 1 saturated carbocycles. The zero-order chi connectivity index (χ0) is 9.82. The maximum absolute atomic E-state index is 3.14. The first kappa shape index (κ1) is 14.5. The molecule has 0 aromatic rings. The van der Waals surface area contributed by atoms with Gasteiger partial charge in [0.05, 0.1) is 0 Å². The Morgan fingerprint density at radius 2 is 1.42 bits per heavy atom. The largest absolute Gasteiger partial charge is 0.317 e. The first-order chi connectivity index (χ1) is 5.76. The van der Waals surface area contributed by atoms with E-state index in [1.165, 1.54) is 32.1 Å². The van der Waals surface area contributed by atoms with Crippen molar-refractivity contribution in [2.75, 3.05) is 7.05 Å². The van der Waals surface area contributed by atoms with Crippen molar-refractivity contribution in [3.05, 3.63) is 0 Å². The van der Waals surface area contributed by atoms with Gasteiger partial charge in [-0.05, 0) is 19.9 Å². The molecule has 1 fully saturated rings. The third-order valence-corrected chi connectivity index (χ3v) is 1.49. The van der Waals surface area contributed by atoms with Crippen LogP contribution in [0.1, 0.15) is 61.2 Å². The summed E-state index contributed by atoms with van der Waals surface area (Å²) in [4.78, 5) is 0. The predicted molar refractivity (Wildman–Crippen MR) is 60.7 cm³/mol. The summed E-state index contributed by atoms with van der Waals surface area (Å²) in [7, 11) is 2.01. The highest BCUT2D eigenvalue weighted by molar-refractivity contribution is 4.78. The lowest BCUT2D eigenvalue weighted by Gasteiger charge is -1.80. The fourth-order valence-electron chi connectivity index (χ4n) is 0.372. The average Bonchev–Trinajstić information content (AvgIpc) is 2.89. The molecule has 78 valence electrons. The highest BCUT2D eigenvalue weighted by Gasteiger charge is 2.17. The molecule has 1 aliphatic carbocycles. The minimum atomic E-state index is 0. The van der Waals surface area contributed by atoms with Crippen molar-refractivity contribution in [2.24, 2.45) is 0 Å². The summed E-state index contributed by atoms with van der Waals surface area (Å²) in [5, 5.41) is 3.14. The summed E-state index contributed by atoms with van der Waals surface area (Å²) >= 11 is 0. The topological polar surface area (TPSA) is 12.0 Å². The van der Waals surface area contributed by atoms with E-state index in [9.17, 15) is 0 Å². The van der Waals surface area contributed by atoms with Crippen molar-refractivity contribution in [1.82, 2.24) is 5.32 Å². The lowest BCUT2D eigenvalue weighted by molar-refractivity contribution is 0.811. The summed E-state index contributed by atoms with van der Waals surface area (Å²) < 4.78 is 0. The highest BCUT2D eigenvalue weighted by atomic mass is 14.9. The molecular weight excluding hydrogens is 146 g/mol. The van der Waals surface area contributed by atoms with Gasteiger partial charge in [0.2, 0.25) is 0 Å². The van der Waals surface area contributed by atoms with Crippen molar-refractivity contribution in [3.8, 4) is 0 Å². The van der Waals surface area contributed by atoms with Crippen LogP contribution in [-0.2, 0) is 0 Å². The van der Waals surface area contributed by atoms with Gasteiger partial charge in [-0.3, -0.25) is 0 Å². The van der Waals surface area contributed by atoms with Gasteiger partial charge in [-0.25, -0.2) is 0 Å². The Morgan fingerprint density at radius 1 is 1.08 bits per heavy atom. The SMILES string of the molecule is CCC.CCCC.CNC1CC1.[HH]. The predicted octanol–water partition coefficient (Wildman–Crippen LogP) is 3.84. The van der Waals surface area contributed by atoms with Crippen LogP contribution in [0, 0.1) is 0 Å². The van der Waals surface area contributed by atoms with Crippen LogP contribution in [0.15, 0.2) is 0 Å². The third kappa shape index (κ3) is 22.5. The van der Waals surface area contributed by atoms with Gasteiger partial charge in [-0.2, -0.15) is 0 Å². The van der Waals surface area contributed by atoms with E-state index in [0.717, 1.165) is 6.04 Å². The number of rotatable bonds is 2. The average molecular weight is 175 g/mol. The van der Waals surface area contributed by atoms with E-state index in [1.54, 1.807) is 0 Å². The Bertz CT molecular complexity index is 61.1. The van der Waals surface area contributed by atoms with E-state index in [4.69, 9.17) is 0 Å². The molecule has 0 heterocycles. The monoisotopic (exact) mass is 175 g/mol. The lowest BCUT2D eigenvalue weighted by atomic mass is 10.4. The summed E-state index contributed by atoms with van der Waals surface area (Å²) in [6.45, 7) is 8.61. The zero-order valence-corrected chi connectivity index (χ0v) is 9.61. The van der Waals surface area contributed by atoms with Gasteiger partial charge in [0.15, 0.2) is 0 Å². The molecule has 0 atom stereocenters. The third-order valence-electron chi connectivity index (χ3n) is 1.49. The molecule has 0 aliphatic heterocycles. The molecule has 1 rings (SSSR count). The molecule has 0 unspecified atom stereocenters. The second-order valence-corrected chi connectivity index (χ2v) is 3.27. The first-order valence-electron chi connectivity index (χ1n) is 5.43. The van der Waals surface area contributed by atoms with Crippen molar-refractivity contribution in [3.63, 3.8) is 0 Å².